The minimum absolute atomic E-state index is 0.0201. The number of nitrogens with one attached hydrogen (secondary N) is 1. The van der Waals surface area contributed by atoms with Gasteiger partial charge in [0.2, 0.25) is 18.6 Å². The molecule has 0 bridgehead atoms. The number of hydrogen-bond acceptors (Lipinski definition) is 8. The Kier molecular flexibility index (Phi) is 6.93. The Hall–Kier alpha value is -4.12. The summed E-state index contributed by atoms with van der Waals surface area (Å²) in [5.74, 6) is 0.366. The van der Waals surface area contributed by atoms with E-state index in [0.29, 0.717) is 37.7 Å². The summed E-state index contributed by atoms with van der Waals surface area (Å²) in [5.41, 5.74) is 1.58. The van der Waals surface area contributed by atoms with E-state index in [9.17, 15) is 24.8 Å². The minimum Gasteiger partial charge on any atom is -0.454 e. The molecule has 1 fully saturated rings. The van der Waals surface area contributed by atoms with Crippen molar-refractivity contribution in [3.8, 4) is 11.5 Å². The molecule has 0 saturated carbocycles. The summed E-state index contributed by atoms with van der Waals surface area (Å²) in [4.78, 5) is 39.1. The first kappa shape index (κ1) is 23.1. The molecule has 0 radical (unpaired) electrons. The smallest absolute Gasteiger partial charge is 0.269 e. The van der Waals surface area contributed by atoms with Gasteiger partial charge in [0.1, 0.15) is 6.04 Å². The highest BCUT2D eigenvalue weighted by atomic mass is 16.7. The summed E-state index contributed by atoms with van der Waals surface area (Å²) in [6.07, 6.45) is 2.87. The first-order valence-corrected chi connectivity index (χ1v) is 10.7. The minimum atomic E-state index is -1.06. The largest absolute Gasteiger partial charge is 0.454 e. The van der Waals surface area contributed by atoms with Crippen molar-refractivity contribution in [2.75, 3.05) is 44.5 Å². The van der Waals surface area contributed by atoms with Crippen LogP contribution in [0.3, 0.4) is 0 Å². The van der Waals surface area contributed by atoms with Crippen LogP contribution in [-0.4, -0.2) is 72.4 Å². The van der Waals surface area contributed by atoms with Gasteiger partial charge in [-0.1, -0.05) is 6.07 Å². The van der Waals surface area contributed by atoms with E-state index < -0.39 is 23.5 Å². The fourth-order valence-corrected chi connectivity index (χ4v) is 3.78. The van der Waals surface area contributed by atoms with Crippen LogP contribution in [0.2, 0.25) is 0 Å². The number of piperazine rings is 1. The van der Waals surface area contributed by atoms with Gasteiger partial charge in [-0.05, 0) is 35.9 Å². The highest BCUT2D eigenvalue weighted by Crippen LogP contribution is 2.32. The molecular weight excluding hydrogens is 444 g/mol. The fraction of sp³-hybridized carbons (Fsp3) is 0.304. The highest BCUT2D eigenvalue weighted by molar-refractivity contribution is 5.95. The van der Waals surface area contributed by atoms with Gasteiger partial charge in [-0.25, -0.2) is 0 Å². The van der Waals surface area contributed by atoms with Crippen molar-refractivity contribution in [1.82, 2.24) is 10.2 Å². The number of nitrogens with zero attached hydrogens (tertiary/aromatic N) is 3. The quantitative estimate of drug-likeness (QED) is 0.351. The average molecular weight is 468 g/mol. The summed E-state index contributed by atoms with van der Waals surface area (Å²) < 4.78 is 10.6. The number of amides is 2. The zero-order valence-electron chi connectivity index (χ0n) is 18.3. The summed E-state index contributed by atoms with van der Waals surface area (Å²) in [5, 5.41) is 23.0. The highest BCUT2D eigenvalue weighted by Gasteiger charge is 2.28. The van der Waals surface area contributed by atoms with Crippen LogP contribution >= 0.6 is 0 Å². The van der Waals surface area contributed by atoms with Crippen molar-refractivity contribution in [3.05, 3.63) is 64.2 Å². The third-order valence-electron chi connectivity index (χ3n) is 5.64. The molecule has 0 spiro atoms. The molecule has 1 atom stereocenters. The lowest BCUT2D eigenvalue weighted by atomic mass is 10.1. The fourth-order valence-electron chi connectivity index (χ4n) is 3.78. The normalized spacial score (nSPS) is 15.9. The molecule has 2 aliphatic rings. The number of rotatable bonds is 7. The number of ether oxygens (including phenoxy) is 2. The molecule has 2 amide bonds. The third kappa shape index (κ3) is 5.26. The number of anilines is 1. The number of non-ortho nitro benzene ring substituents is 1. The van der Waals surface area contributed by atoms with Gasteiger partial charge in [-0.3, -0.25) is 19.7 Å². The maximum absolute atomic E-state index is 12.8. The SMILES string of the molecule is O=C(C=Cc1ccc2c(c1)OCO2)N[C@@H](CO)C(=O)N1CCN(c2ccc([N+](=O)[O-])cc2)CC1. The summed E-state index contributed by atoms with van der Waals surface area (Å²) in [7, 11) is 0. The van der Waals surface area contributed by atoms with Crippen LogP contribution in [0.4, 0.5) is 11.4 Å². The molecule has 2 aromatic carbocycles. The lowest BCUT2D eigenvalue weighted by Crippen LogP contribution is -2.56. The maximum atomic E-state index is 12.8. The molecular formula is C23H24N4O7. The van der Waals surface area contributed by atoms with Gasteiger partial charge in [-0.2, -0.15) is 0 Å². The van der Waals surface area contributed by atoms with E-state index >= 15 is 0 Å². The van der Waals surface area contributed by atoms with Gasteiger partial charge in [0.25, 0.3) is 5.69 Å². The van der Waals surface area contributed by atoms with E-state index in [-0.39, 0.29) is 18.4 Å². The number of nitro groups is 1. The molecule has 2 N–H and O–H groups in total. The van der Waals surface area contributed by atoms with Crippen LogP contribution in [0.1, 0.15) is 5.56 Å². The molecule has 4 rings (SSSR count). The topological polar surface area (TPSA) is 134 Å². The number of aliphatic hydroxyl groups is 1. The standard InChI is InChI=1S/C23H24N4O7/c28-14-19(24-22(29)8-2-16-1-7-20-21(13-16)34-15-33-20)23(30)26-11-9-25(10-12-26)17-3-5-18(6-4-17)27(31)32/h1-8,13,19,28H,9-12,14-15H2,(H,24,29)/t19-/m0/s1. The Labute approximate surface area is 195 Å². The van der Waals surface area contributed by atoms with Crippen molar-refractivity contribution in [2.24, 2.45) is 0 Å². The molecule has 178 valence electrons. The second-order valence-electron chi connectivity index (χ2n) is 7.78. The molecule has 34 heavy (non-hydrogen) atoms. The molecule has 0 aliphatic carbocycles. The molecule has 1 saturated heterocycles. The average Bonchev–Trinajstić information content (AvgIpc) is 3.34. The van der Waals surface area contributed by atoms with Crippen LogP contribution in [-0.2, 0) is 9.59 Å². The zero-order chi connectivity index (χ0) is 24.1. The predicted octanol–water partition coefficient (Wildman–Crippen LogP) is 1.16. The van der Waals surface area contributed by atoms with Gasteiger partial charge < -0.3 is 29.7 Å². The number of fused-ring (bicyclic) bond motifs is 1. The van der Waals surface area contributed by atoms with Gasteiger partial charge in [0.05, 0.1) is 11.5 Å². The van der Waals surface area contributed by atoms with Gasteiger partial charge >= 0.3 is 0 Å². The van der Waals surface area contributed by atoms with Crippen molar-refractivity contribution in [2.45, 2.75) is 6.04 Å². The van der Waals surface area contributed by atoms with Crippen LogP contribution in [0.5, 0.6) is 11.5 Å². The van der Waals surface area contributed by atoms with Crippen molar-refractivity contribution in [3.63, 3.8) is 0 Å². The number of hydrogen-bond donors (Lipinski definition) is 2. The van der Waals surface area contributed by atoms with E-state index in [1.807, 2.05) is 4.90 Å². The molecule has 11 heteroatoms. The third-order valence-corrected chi connectivity index (χ3v) is 5.64. The van der Waals surface area contributed by atoms with Crippen LogP contribution in [0.15, 0.2) is 48.5 Å². The van der Waals surface area contributed by atoms with Gasteiger partial charge in [0, 0.05) is 50.1 Å². The number of benzene rings is 2. The molecule has 0 aromatic heterocycles. The Balaban J connectivity index is 1.29. The summed E-state index contributed by atoms with van der Waals surface area (Å²) in [6.45, 7) is 1.49. The molecule has 11 nitrogen and oxygen atoms in total. The number of carbonyl (C=O) groups is 2. The second-order valence-corrected chi connectivity index (χ2v) is 7.78. The lowest BCUT2D eigenvalue weighted by Gasteiger charge is -2.37. The van der Waals surface area contributed by atoms with Crippen LogP contribution in [0.25, 0.3) is 6.08 Å². The van der Waals surface area contributed by atoms with Crippen LogP contribution in [0, 0.1) is 10.1 Å². The molecule has 2 aromatic rings. The van der Waals surface area contributed by atoms with Crippen molar-refractivity contribution in [1.29, 1.82) is 0 Å². The Morgan fingerprint density at radius 1 is 1.09 bits per heavy atom. The van der Waals surface area contributed by atoms with Crippen molar-refractivity contribution >= 4 is 29.3 Å². The molecule has 0 unspecified atom stereocenters. The van der Waals surface area contributed by atoms with E-state index in [1.165, 1.54) is 18.2 Å². The summed E-state index contributed by atoms with van der Waals surface area (Å²) in [6, 6.07) is 10.5. The predicted molar refractivity (Wildman–Crippen MR) is 123 cm³/mol. The number of nitro benzene ring substituents is 1. The Morgan fingerprint density at radius 2 is 1.79 bits per heavy atom. The van der Waals surface area contributed by atoms with E-state index in [2.05, 4.69) is 5.32 Å². The van der Waals surface area contributed by atoms with Crippen molar-refractivity contribution < 1.29 is 29.1 Å². The first-order chi connectivity index (χ1) is 16.4. The Morgan fingerprint density at radius 3 is 2.47 bits per heavy atom. The van der Waals surface area contributed by atoms with Gasteiger partial charge in [0.15, 0.2) is 11.5 Å². The van der Waals surface area contributed by atoms with E-state index in [1.54, 1.807) is 41.3 Å². The second kappa shape index (κ2) is 10.2. The van der Waals surface area contributed by atoms with Crippen LogP contribution < -0.4 is 19.7 Å². The first-order valence-electron chi connectivity index (χ1n) is 10.7. The molecule has 2 aliphatic heterocycles. The van der Waals surface area contributed by atoms with E-state index in [0.717, 1.165) is 11.3 Å². The maximum Gasteiger partial charge on any atom is 0.269 e. The van der Waals surface area contributed by atoms with Gasteiger partial charge in [-0.15, -0.1) is 0 Å². The summed E-state index contributed by atoms with van der Waals surface area (Å²) >= 11 is 0. The molecule has 2 heterocycles. The number of aliphatic hydroxyl groups excluding tert-OH is 1. The lowest BCUT2D eigenvalue weighted by molar-refractivity contribution is -0.384. The number of carbonyl (C=O) groups excluding carboxylic acids is 2. The Bertz CT molecular complexity index is 1090. The monoisotopic (exact) mass is 468 g/mol. The van der Waals surface area contributed by atoms with E-state index in [4.69, 9.17) is 9.47 Å². The zero-order valence-corrected chi connectivity index (χ0v) is 18.3.